The van der Waals surface area contributed by atoms with E-state index in [-0.39, 0.29) is 18.2 Å². The number of ether oxygens (including phenoxy) is 1. The van der Waals surface area contributed by atoms with Crippen LogP contribution >= 0.6 is 11.3 Å². The van der Waals surface area contributed by atoms with Gasteiger partial charge in [0.25, 0.3) is 0 Å². The molecule has 0 aliphatic heterocycles. The molecule has 3 N–H and O–H groups in total. The molecule has 7 heteroatoms. The molecular weight excluding hydrogens is 312 g/mol. The molecule has 0 saturated heterocycles. The molecule has 1 saturated carbocycles. The van der Waals surface area contributed by atoms with E-state index in [0.717, 1.165) is 18.8 Å². The molecule has 23 heavy (non-hydrogen) atoms. The zero-order valence-corrected chi connectivity index (χ0v) is 14.8. The Hall–Kier alpha value is -1.76. The summed E-state index contributed by atoms with van der Waals surface area (Å²) in [6, 6.07) is 4.41. The van der Waals surface area contributed by atoms with Crippen LogP contribution in [0.1, 0.15) is 37.6 Å². The number of hydrogen-bond donors (Lipinski definition) is 3. The Bertz CT molecular complexity index is 514. The molecule has 2 unspecified atom stereocenters. The van der Waals surface area contributed by atoms with E-state index < -0.39 is 0 Å². The molecule has 1 aliphatic rings. The van der Waals surface area contributed by atoms with Gasteiger partial charge in [0.1, 0.15) is 0 Å². The monoisotopic (exact) mass is 338 g/mol. The van der Waals surface area contributed by atoms with Crippen molar-refractivity contribution in [2.75, 3.05) is 20.2 Å². The molecule has 1 heterocycles. The second-order valence-corrected chi connectivity index (χ2v) is 6.62. The van der Waals surface area contributed by atoms with Gasteiger partial charge in [-0.3, -0.25) is 4.99 Å². The van der Waals surface area contributed by atoms with Gasteiger partial charge >= 0.3 is 6.09 Å². The minimum absolute atomic E-state index is 0.0737. The zero-order valence-electron chi connectivity index (χ0n) is 14.0. The molecule has 0 spiro atoms. The van der Waals surface area contributed by atoms with E-state index in [1.165, 1.54) is 4.88 Å². The Kier molecular flexibility index (Phi) is 6.70. The number of rotatable bonds is 7. The van der Waals surface area contributed by atoms with E-state index in [1.54, 1.807) is 18.4 Å². The number of amides is 1. The fraction of sp³-hybridized carbons (Fsp3) is 0.625. The Morgan fingerprint density at radius 1 is 1.48 bits per heavy atom. The number of guanidine groups is 1. The van der Waals surface area contributed by atoms with Crippen molar-refractivity contribution in [3.63, 3.8) is 0 Å². The maximum absolute atomic E-state index is 11.6. The fourth-order valence-electron chi connectivity index (χ4n) is 2.37. The molecule has 6 nitrogen and oxygen atoms in total. The fourth-order valence-corrected chi connectivity index (χ4v) is 3.11. The van der Waals surface area contributed by atoms with Crippen molar-refractivity contribution < 1.29 is 9.53 Å². The van der Waals surface area contributed by atoms with Crippen LogP contribution < -0.4 is 16.0 Å². The van der Waals surface area contributed by atoms with Crippen LogP contribution in [0, 0.1) is 5.92 Å². The third-order valence-electron chi connectivity index (χ3n) is 3.81. The van der Waals surface area contributed by atoms with Crippen LogP contribution in [0.5, 0.6) is 0 Å². The number of thiophene rings is 1. The van der Waals surface area contributed by atoms with Gasteiger partial charge < -0.3 is 20.7 Å². The molecule has 1 aliphatic carbocycles. The average molecular weight is 338 g/mol. The van der Waals surface area contributed by atoms with Crippen LogP contribution in [-0.2, 0) is 4.74 Å². The summed E-state index contributed by atoms with van der Waals surface area (Å²) in [5.41, 5.74) is 0. The Morgan fingerprint density at radius 3 is 2.83 bits per heavy atom. The Labute approximate surface area is 141 Å². The van der Waals surface area contributed by atoms with Crippen molar-refractivity contribution in [2.24, 2.45) is 10.9 Å². The lowest BCUT2D eigenvalue weighted by Gasteiger charge is -2.22. The summed E-state index contributed by atoms with van der Waals surface area (Å²) in [5, 5.41) is 11.7. The molecule has 1 aromatic rings. The lowest BCUT2D eigenvalue weighted by Crippen LogP contribution is -2.48. The lowest BCUT2D eigenvalue weighted by molar-refractivity contribution is 0.146. The van der Waals surface area contributed by atoms with E-state index >= 15 is 0 Å². The van der Waals surface area contributed by atoms with Crippen LogP contribution in [-0.4, -0.2) is 38.3 Å². The summed E-state index contributed by atoms with van der Waals surface area (Å²) in [5.74, 6) is 1.27. The summed E-state index contributed by atoms with van der Waals surface area (Å²) in [7, 11) is 1.75. The lowest BCUT2D eigenvalue weighted by atomic mass is 10.2. The second-order valence-electron chi connectivity index (χ2n) is 5.64. The highest BCUT2D eigenvalue weighted by Crippen LogP contribution is 2.32. The maximum Gasteiger partial charge on any atom is 0.407 e. The molecule has 0 radical (unpaired) electrons. The highest BCUT2D eigenvalue weighted by atomic mass is 32.1. The van der Waals surface area contributed by atoms with Crippen LogP contribution in [0.15, 0.2) is 22.5 Å². The van der Waals surface area contributed by atoms with E-state index in [4.69, 9.17) is 4.74 Å². The van der Waals surface area contributed by atoms with E-state index in [2.05, 4.69) is 39.3 Å². The molecular formula is C16H26N4O2S. The van der Waals surface area contributed by atoms with Crippen molar-refractivity contribution in [1.82, 2.24) is 16.0 Å². The highest BCUT2D eigenvalue weighted by molar-refractivity contribution is 7.10. The smallest absolute Gasteiger partial charge is 0.407 e. The first-order valence-electron chi connectivity index (χ1n) is 8.08. The van der Waals surface area contributed by atoms with Crippen molar-refractivity contribution >= 4 is 23.4 Å². The van der Waals surface area contributed by atoms with Gasteiger partial charge in [-0.1, -0.05) is 6.07 Å². The summed E-state index contributed by atoms with van der Waals surface area (Å²) in [6.45, 7) is 4.94. The molecule has 128 valence electrons. The van der Waals surface area contributed by atoms with Gasteiger partial charge in [-0.2, -0.15) is 0 Å². The number of hydrogen-bond acceptors (Lipinski definition) is 4. The van der Waals surface area contributed by atoms with E-state index in [0.29, 0.717) is 19.1 Å². The zero-order chi connectivity index (χ0) is 16.7. The second kappa shape index (κ2) is 8.76. The Morgan fingerprint density at radius 2 is 2.26 bits per heavy atom. The average Bonchev–Trinajstić information content (AvgIpc) is 3.23. The van der Waals surface area contributed by atoms with Crippen LogP contribution in [0.4, 0.5) is 4.79 Å². The number of carbonyl (C=O) groups excluding carboxylic acids is 1. The normalized spacial score (nSPS) is 17.3. The largest absolute Gasteiger partial charge is 0.450 e. The molecule has 0 aromatic carbocycles. The van der Waals surface area contributed by atoms with Crippen LogP contribution in [0.25, 0.3) is 0 Å². The van der Waals surface area contributed by atoms with Crippen molar-refractivity contribution in [1.29, 1.82) is 0 Å². The third kappa shape index (κ3) is 5.74. The van der Waals surface area contributed by atoms with Crippen molar-refractivity contribution in [3.8, 4) is 0 Å². The van der Waals surface area contributed by atoms with Crippen molar-refractivity contribution in [2.45, 2.75) is 38.8 Å². The topological polar surface area (TPSA) is 74.8 Å². The molecule has 1 aromatic heterocycles. The van der Waals surface area contributed by atoms with Gasteiger partial charge in [0, 0.05) is 18.5 Å². The standard InChI is InChI=1S/C16H26N4O2S/c1-4-22-16(21)20-13(12-7-8-12)10-18-15(17-3)19-11(2)14-6-5-9-23-14/h5-6,9,11-13H,4,7-8,10H2,1-3H3,(H,20,21)(H2,17,18,19). The summed E-state index contributed by atoms with van der Waals surface area (Å²) in [6.07, 6.45) is 1.95. The SMILES string of the molecule is CCOC(=O)NC(CNC(=NC)NC(C)c1cccs1)C1CC1. The highest BCUT2D eigenvalue weighted by Gasteiger charge is 2.32. The third-order valence-corrected chi connectivity index (χ3v) is 4.86. The number of aliphatic imine (C=N–C) groups is 1. The van der Waals surface area contributed by atoms with E-state index in [9.17, 15) is 4.79 Å². The number of nitrogens with zero attached hydrogens (tertiary/aromatic N) is 1. The predicted octanol–water partition coefficient (Wildman–Crippen LogP) is 2.50. The van der Waals surface area contributed by atoms with Gasteiger partial charge in [0.2, 0.25) is 0 Å². The van der Waals surface area contributed by atoms with Gasteiger partial charge in [0.05, 0.1) is 18.7 Å². The first-order chi connectivity index (χ1) is 11.1. The number of nitrogens with one attached hydrogen (secondary N) is 3. The molecule has 1 amide bonds. The summed E-state index contributed by atoms with van der Waals surface area (Å²) >= 11 is 1.72. The first kappa shape index (κ1) is 17.6. The Balaban J connectivity index is 1.82. The van der Waals surface area contributed by atoms with Crippen LogP contribution in [0.3, 0.4) is 0 Å². The van der Waals surface area contributed by atoms with Gasteiger partial charge in [-0.05, 0) is 44.1 Å². The van der Waals surface area contributed by atoms with E-state index in [1.807, 2.05) is 13.0 Å². The van der Waals surface area contributed by atoms with Gasteiger partial charge in [-0.15, -0.1) is 11.3 Å². The van der Waals surface area contributed by atoms with Gasteiger partial charge in [0.15, 0.2) is 5.96 Å². The summed E-state index contributed by atoms with van der Waals surface area (Å²) < 4.78 is 4.97. The molecule has 2 rings (SSSR count). The van der Waals surface area contributed by atoms with Crippen molar-refractivity contribution in [3.05, 3.63) is 22.4 Å². The molecule has 2 atom stereocenters. The molecule has 0 bridgehead atoms. The quantitative estimate of drug-likeness (QED) is 0.527. The molecule has 1 fully saturated rings. The minimum Gasteiger partial charge on any atom is -0.450 e. The van der Waals surface area contributed by atoms with Crippen LogP contribution in [0.2, 0.25) is 0 Å². The van der Waals surface area contributed by atoms with Gasteiger partial charge in [-0.25, -0.2) is 4.79 Å². The minimum atomic E-state index is -0.346. The summed E-state index contributed by atoms with van der Waals surface area (Å²) in [4.78, 5) is 17.1. The number of carbonyl (C=O) groups is 1. The first-order valence-corrected chi connectivity index (χ1v) is 8.95. The predicted molar refractivity (Wildman–Crippen MR) is 93.9 cm³/mol. The number of alkyl carbamates (subject to hydrolysis) is 1. The maximum atomic E-state index is 11.6.